The van der Waals surface area contributed by atoms with Crippen molar-refractivity contribution in [1.29, 1.82) is 0 Å². The van der Waals surface area contributed by atoms with E-state index in [-0.39, 0.29) is 11.6 Å². The van der Waals surface area contributed by atoms with Crippen LogP contribution in [0.4, 0.5) is 24.7 Å². The summed E-state index contributed by atoms with van der Waals surface area (Å²) in [5.41, 5.74) is -0.156. The highest BCUT2D eigenvalue weighted by molar-refractivity contribution is 5.66. The van der Waals surface area contributed by atoms with Crippen molar-refractivity contribution < 1.29 is 27.6 Å². The predicted molar refractivity (Wildman–Crippen MR) is 96.8 cm³/mol. The maximum absolute atomic E-state index is 12.9. The number of aromatic nitrogens is 5. The van der Waals surface area contributed by atoms with Gasteiger partial charge in [0.2, 0.25) is 11.6 Å². The molecule has 0 bridgehead atoms. The van der Waals surface area contributed by atoms with E-state index in [1.165, 1.54) is 6.07 Å². The molecule has 0 saturated carbocycles. The largest absolute Gasteiger partial charge is 0.480 e. The zero-order valence-corrected chi connectivity index (χ0v) is 15.5. The van der Waals surface area contributed by atoms with Crippen LogP contribution in [0.3, 0.4) is 0 Å². The highest BCUT2D eigenvalue weighted by Gasteiger charge is 2.31. The molecule has 0 atom stereocenters. The van der Waals surface area contributed by atoms with E-state index in [9.17, 15) is 18.0 Å². The Kier molecular flexibility index (Phi) is 5.01. The van der Waals surface area contributed by atoms with Crippen molar-refractivity contribution in [2.24, 2.45) is 0 Å². The highest BCUT2D eigenvalue weighted by Crippen LogP contribution is 2.32. The number of tetrazole rings is 1. The first kappa shape index (κ1) is 19.7. The Bertz CT molecular complexity index is 1040. The molecule has 30 heavy (non-hydrogen) atoms. The van der Waals surface area contributed by atoms with Crippen LogP contribution >= 0.6 is 0 Å². The summed E-state index contributed by atoms with van der Waals surface area (Å²) in [6.45, 7) is 1.65. The minimum Gasteiger partial charge on any atom is -0.480 e. The molecule has 1 saturated heterocycles. The number of benzene rings is 1. The molecule has 1 N–H and O–H groups in total. The van der Waals surface area contributed by atoms with Crippen LogP contribution in [-0.4, -0.2) is 62.6 Å². The van der Waals surface area contributed by atoms with Gasteiger partial charge in [0.1, 0.15) is 0 Å². The fraction of sp³-hybridized carbons (Fsp3) is 0.353. The van der Waals surface area contributed by atoms with Crippen molar-refractivity contribution in [2.75, 3.05) is 36.0 Å². The summed E-state index contributed by atoms with van der Waals surface area (Å²) in [4.78, 5) is 15.4. The van der Waals surface area contributed by atoms with Crippen LogP contribution in [0.2, 0.25) is 0 Å². The number of piperazine rings is 1. The van der Waals surface area contributed by atoms with Crippen molar-refractivity contribution in [3.8, 4) is 11.6 Å². The lowest BCUT2D eigenvalue weighted by Crippen LogP contribution is -2.46. The maximum atomic E-state index is 12.9. The molecule has 13 heteroatoms. The molecule has 1 aliphatic rings. The molecule has 1 aromatic carbocycles. The van der Waals surface area contributed by atoms with Gasteiger partial charge in [-0.3, -0.25) is 4.79 Å². The third kappa shape index (κ3) is 4.18. The minimum atomic E-state index is -4.38. The van der Waals surface area contributed by atoms with Crippen LogP contribution in [0.1, 0.15) is 5.56 Å². The zero-order valence-electron chi connectivity index (χ0n) is 15.5. The molecule has 158 valence electrons. The topological polar surface area (TPSA) is 113 Å². The van der Waals surface area contributed by atoms with Gasteiger partial charge in [0.25, 0.3) is 0 Å². The Balaban J connectivity index is 1.40. The Morgan fingerprint density at radius 1 is 1.13 bits per heavy atom. The van der Waals surface area contributed by atoms with Crippen molar-refractivity contribution in [3.05, 3.63) is 35.9 Å². The van der Waals surface area contributed by atoms with E-state index in [1.54, 1.807) is 12.1 Å². The Labute approximate surface area is 167 Å². The molecule has 3 heterocycles. The number of rotatable bonds is 5. The van der Waals surface area contributed by atoms with Gasteiger partial charge in [-0.15, -0.1) is 10.2 Å². The van der Waals surface area contributed by atoms with E-state index in [0.29, 0.717) is 37.7 Å². The summed E-state index contributed by atoms with van der Waals surface area (Å²) in [6, 6.07) is 6.87. The van der Waals surface area contributed by atoms with Gasteiger partial charge in [-0.1, -0.05) is 11.2 Å². The molecule has 10 nitrogen and oxygen atoms in total. The van der Waals surface area contributed by atoms with Crippen LogP contribution in [0.15, 0.2) is 34.9 Å². The Morgan fingerprint density at radius 2 is 1.87 bits per heavy atom. The molecule has 0 radical (unpaired) electrons. The quantitative estimate of drug-likeness (QED) is 0.656. The highest BCUT2D eigenvalue weighted by atomic mass is 19.4. The number of alkyl halides is 3. The van der Waals surface area contributed by atoms with E-state index in [1.807, 2.05) is 9.80 Å². The van der Waals surface area contributed by atoms with E-state index in [2.05, 4.69) is 20.6 Å². The molecular weight excluding hydrogens is 407 g/mol. The number of nitrogens with zero attached hydrogens (tertiary/aromatic N) is 7. The van der Waals surface area contributed by atoms with Gasteiger partial charge >= 0.3 is 12.1 Å². The zero-order chi connectivity index (χ0) is 21.3. The van der Waals surface area contributed by atoms with Gasteiger partial charge < -0.3 is 19.4 Å². The summed E-state index contributed by atoms with van der Waals surface area (Å²) in [7, 11) is 0. The normalized spacial score (nSPS) is 14.9. The van der Waals surface area contributed by atoms with Gasteiger partial charge in [0.15, 0.2) is 12.4 Å². The number of anilines is 2. The van der Waals surface area contributed by atoms with Gasteiger partial charge in [0.05, 0.1) is 5.56 Å². The first-order chi connectivity index (χ1) is 14.3. The molecular formula is C17H16F3N7O3. The Morgan fingerprint density at radius 3 is 2.57 bits per heavy atom. The molecule has 0 spiro atoms. The molecule has 1 fully saturated rings. The van der Waals surface area contributed by atoms with Gasteiger partial charge in [-0.25, -0.2) is 0 Å². The van der Waals surface area contributed by atoms with Gasteiger partial charge in [-0.2, -0.15) is 18.0 Å². The van der Waals surface area contributed by atoms with Crippen molar-refractivity contribution in [1.82, 2.24) is 25.4 Å². The Hall–Kier alpha value is -3.64. The van der Waals surface area contributed by atoms with E-state index >= 15 is 0 Å². The van der Waals surface area contributed by atoms with Crippen LogP contribution in [0.25, 0.3) is 11.6 Å². The van der Waals surface area contributed by atoms with E-state index < -0.39 is 24.3 Å². The second-order valence-electron chi connectivity index (χ2n) is 6.61. The summed E-state index contributed by atoms with van der Waals surface area (Å²) >= 11 is 0. The van der Waals surface area contributed by atoms with Gasteiger partial charge in [0, 0.05) is 37.9 Å². The van der Waals surface area contributed by atoms with Crippen LogP contribution in [0.5, 0.6) is 0 Å². The smallest absolute Gasteiger partial charge is 0.416 e. The van der Waals surface area contributed by atoms with E-state index in [0.717, 1.165) is 16.9 Å². The average Bonchev–Trinajstić information content (AvgIpc) is 3.37. The van der Waals surface area contributed by atoms with Crippen LogP contribution < -0.4 is 9.80 Å². The number of hydrogen-bond donors (Lipinski definition) is 1. The molecule has 0 unspecified atom stereocenters. The summed E-state index contributed by atoms with van der Waals surface area (Å²) in [5, 5.41) is 24.0. The molecule has 0 aliphatic carbocycles. The molecule has 4 rings (SSSR count). The number of carboxylic acids is 1. The minimum absolute atomic E-state index is 0.109. The number of hydrogen-bond acceptors (Lipinski definition) is 8. The molecule has 1 aliphatic heterocycles. The van der Waals surface area contributed by atoms with Crippen molar-refractivity contribution >= 4 is 17.5 Å². The fourth-order valence-electron chi connectivity index (χ4n) is 3.12. The lowest BCUT2D eigenvalue weighted by molar-refractivity contribution is -0.138. The first-order valence-corrected chi connectivity index (χ1v) is 8.93. The first-order valence-electron chi connectivity index (χ1n) is 8.93. The summed E-state index contributed by atoms with van der Waals surface area (Å²) in [6.07, 6.45) is -4.38. The fourth-order valence-corrected chi connectivity index (χ4v) is 3.12. The molecule has 0 amide bonds. The predicted octanol–water partition coefficient (Wildman–Crippen LogP) is 1.76. The number of carboxylic acid groups (broad SMARTS) is 1. The van der Waals surface area contributed by atoms with Crippen molar-refractivity contribution in [3.63, 3.8) is 0 Å². The van der Waals surface area contributed by atoms with Crippen LogP contribution in [0, 0.1) is 0 Å². The van der Waals surface area contributed by atoms with Crippen molar-refractivity contribution in [2.45, 2.75) is 12.7 Å². The standard InChI is InChI=1S/C17H16F3N7O3/c18-17(19,20)11-2-1-3-12(8-11)25-4-6-26(7-5-25)14-9-13(30-23-14)16-21-24-27(22-16)10-15(28)29/h1-3,8-9H,4-7,10H2,(H,28,29). The summed E-state index contributed by atoms with van der Waals surface area (Å²) in [5.74, 6) is -0.223. The monoisotopic (exact) mass is 423 g/mol. The molecule has 3 aromatic rings. The SMILES string of the molecule is O=C(O)Cn1nnc(-c2cc(N3CCN(c4cccc(C(F)(F)F)c4)CC3)no2)n1. The van der Waals surface area contributed by atoms with Crippen LogP contribution in [-0.2, 0) is 17.5 Å². The third-order valence-electron chi connectivity index (χ3n) is 4.59. The lowest BCUT2D eigenvalue weighted by atomic mass is 10.1. The summed E-state index contributed by atoms with van der Waals surface area (Å²) < 4.78 is 44.0. The second-order valence-corrected chi connectivity index (χ2v) is 6.61. The van der Waals surface area contributed by atoms with Gasteiger partial charge in [-0.05, 0) is 23.4 Å². The number of carbonyl (C=O) groups is 1. The van der Waals surface area contributed by atoms with E-state index in [4.69, 9.17) is 9.63 Å². The number of aliphatic carboxylic acids is 1. The molecule has 2 aromatic heterocycles. The number of halogens is 3. The lowest BCUT2D eigenvalue weighted by Gasteiger charge is -2.36. The average molecular weight is 423 g/mol. The second kappa shape index (κ2) is 7.65. The maximum Gasteiger partial charge on any atom is 0.416 e. The third-order valence-corrected chi connectivity index (χ3v) is 4.59.